The van der Waals surface area contributed by atoms with Crippen molar-refractivity contribution in [3.63, 3.8) is 0 Å². The van der Waals surface area contributed by atoms with Crippen LogP contribution in [0.3, 0.4) is 0 Å². The van der Waals surface area contributed by atoms with E-state index in [9.17, 15) is 0 Å². The van der Waals surface area contributed by atoms with Gasteiger partial charge in [-0.05, 0) is 124 Å². The molecule has 2 unspecified atom stereocenters. The van der Waals surface area contributed by atoms with Crippen LogP contribution >= 0.6 is 0 Å². The lowest BCUT2D eigenvalue weighted by Gasteiger charge is -2.47. The lowest BCUT2D eigenvalue weighted by molar-refractivity contribution is 0.760. The number of hydrogen-bond donors (Lipinski definition) is 0. The van der Waals surface area contributed by atoms with Crippen LogP contribution in [0.5, 0.6) is 0 Å². The molecule has 0 radical (unpaired) electrons. The fourth-order valence-electron chi connectivity index (χ4n) is 12.7. The monoisotopic (exact) mass is 905 g/mol. The van der Waals surface area contributed by atoms with Gasteiger partial charge in [0.15, 0.2) is 8.07 Å². The second-order valence-corrected chi connectivity index (χ2v) is 22.8. The Bertz CT molecular complexity index is 3840. The molecule has 0 saturated heterocycles. The number of nitrogens with zero attached hydrogens (tertiary/aromatic N) is 1. The number of para-hydroxylation sites is 2. The van der Waals surface area contributed by atoms with Crippen LogP contribution in [0, 0.1) is 0 Å². The molecule has 0 saturated carbocycles. The van der Waals surface area contributed by atoms with E-state index in [1.54, 1.807) is 0 Å². The molecule has 2 bridgehead atoms. The first kappa shape index (κ1) is 40.5. The largest absolute Gasteiger partial charge is 0.309 e. The van der Waals surface area contributed by atoms with E-state index < -0.39 is 8.07 Å². The second-order valence-electron chi connectivity index (χ2n) is 19.0. The van der Waals surface area contributed by atoms with Gasteiger partial charge in [-0.3, -0.25) is 0 Å². The summed E-state index contributed by atoms with van der Waals surface area (Å²) in [6.45, 7) is 0. The lowest BCUT2D eigenvalue weighted by atomic mass is 9.60. The van der Waals surface area contributed by atoms with E-state index in [4.69, 9.17) is 0 Å². The first-order chi connectivity index (χ1) is 34.8. The Morgan fingerprint density at radius 1 is 0.286 bits per heavy atom. The zero-order chi connectivity index (χ0) is 46.2. The molecule has 3 aliphatic rings. The van der Waals surface area contributed by atoms with Crippen molar-refractivity contribution in [2.75, 3.05) is 0 Å². The Labute approximate surface area is 410 Å². The van der Waals surface area contributed by atoms with E-state index in [1.807, 2.05) is 0 Å². The number of benzene rings is 11. The van der Waals surface area contributed by atoms with E-state index in [1.165, 1.54) is 115 Å². The highest BCUT2D eigenvalue weighted by Gasteiger charge is 2.50. The highest BCUT2D eigenvalue weighted by molar-refractivity contribution is 7.20. The Hall–Kier alpha value is -8.56. The van der Waals surface area contributed by atoms with Gasteiger partial charge in [0.25, 0.3) is 0 Å². The van der Waals surface area contributed by atoms with Crippen molar-refractivity contribution < 1.29 is 0 Å². The molecule has 70 heavy (non-hydrogen) atoms. The Kier molecular flexibility index (Phi) is 9.43. The van der Waals surface area contributed by atoms with Crippen LogP contribution in [0.4, 0.5) is 0 Å². The van der Waals surface area contributed by atoms with Gasteiger partial charge < -0.3 is 4.57 Å². The summed E-state index contributed by atoms with van der Waals surface area (Å²) < 4.78 is 2.42. The highest BCUT2D eigenvalue weighted by atomic mass is 28.3. The van der Waals surface area contributed by atoms with E-state index in [0.29, 0.717) is 0 Å². The number of hydrogen-bond acceptors (Lipinski definition) is 0. The minimum absolute atomic E-state index is 0.00478. The van der Waals surface area contributed by atoms with E-state index >= 15 is 0 Å². The van der Waals surface area contributed by atoms with Crippen molar-refractivity contribution in [1.82, 2.24) is 4.57 Å². The molecule has 2 heteroatoms. The Morgan fingerprint density at radius 3 is 1.43 bits per heavy atom. The van der Waals surface area contributed by atoms with Gasteiger partial charge in [0.2, 0.25) is 0 Å². The molecule has 0 amide bonds. The maximum absolute atomic E-state index is 3.18. The third-order valence-corrected chi connectivity index (χ3v) is 20.3. The lowest BCUT2D eigenvalue weighted by Crippen LogP contribution is -2.75. The molecule has 2 atom stereocenters. The first-order valence-corrected chi connectivity index (χ1v) is 26.6. The normalized spacial score (nSPS) is 14.6. The Balaban J connectivity index is 1.07. The molecule has 12 aromatic rings. The SMILES string of the molecule is c1ccc(-c2cc(-c3ccccc3)cc([Si](c3ccccc3)(c3ccccc3)c3cccc4c3C3c5ccccc5C4c4cccc(-c5ccc6c(c5)c5ccccc5n6-c5ccccc5)c43)c2)cc1. The predicted octanol–water partition coefficient (Wildman–Crippen LogP) is 14.1. The van der Waals surface area contributed by atoms with Gasteiger partial charge in [-0.25, -0.2) is 0 Å². The maximum atomic E-state index is 2.54. The molecule has 0 N–H and O–H groups in total. The summed E-state index contributed by atoms with van der Waals surface area (Å²) in [6.07, 6.45) is 0. The summed E-state index contributed by atoms with van der Waals surface area (Å²) >= 11 is 0. The average molecular weight is 906 g/mol. The molecular formula is C68H47NSi. The van der Waals surface area contributed by atoms with Crippen LogP contribution in [-0.2, 0) is 0 Å². The average Bonchev–Trinajstić information content (AvgIpc) is 3.78. The summed E-state index contributed by atoms with van der Waals surface area (Å²) in [4.78, 5) is 0. The molecule has 11 aromatic carbocycles. The van der Waals surface area contributed by atoms with E-state index in [0.717, 1.165) is 0 Å². The van der Waals surface area contributed by atoms with Gasteiger partial charge in [0.1, 0.15) is 0 Å². The zero-order valence-corrected chi connectivity index (χ0v) is 39.6. The summed E-state index contributed by atoms with van der Waals surface area (Å²) in [5.74, 6) is 0.0914. The van der Waals surface area contributed by atoms with Crippen molar-refractivity contribution in [3.05, 3.63) is 306 Å². The third-order valence-electron chi connectivity index (χ3n) is 15.5. The molecule has 328 valence electrons. The van der Waals surface area contributed by atoms with Crippen LogP contribution in [0.1, 0.15) is 45.2 Å². The molecule has 0 fully saturated rings. The van der Waals surface area contributed by atoms with Crippen molar-refractivity contribution in [1.29, 1.82) is 0 Å². The van der Waals surface area contributed by atoms with E-state index in [-0.39, 0.29) is 11.8 Å². The van der Waals surface area contributed by atoms with Crippen molar-refractivity contribution in [2.24, 2.45) is 0 Å². The molecule has 1 nitrogen and oxygen atoms in total. The standard InChI is InChI=1S/C68H47NSi/c1-6-22-46(23-7-1)49-42-50(47-24-8-2-9-25-47)44-54(43-49)70(52-28-12-4-13-29-52,53-30-14-5-15-31-53)64-39-21-37-60-65-57-33-16-17-34-58(57)68(67(60)64)66-55(35-20-36-59(65)66)48-40-41-63-61(45-48)56-32-18-19-38-62(56)69(63)51-26-10-3-11-27-51/h1-45,65,68H. The molecule has 1 aromatic heterocycles. The van der Waals surface area contributed by atoms with Crippen LogP contribution in [0.2, 0.25) is 0 Å². The minimum atomic E-state index is -3.18. The number of aromatic nitrogens is 1. The van der Waals surface area contributed by atoms with Crippen molar-refractivity contribution >= 4 is 50.6 Å². The van der Waals surface area contributed by atoms with Crippen molar-refractivity contribution in [2.45, 2.75) is 11.8 Å². The fraction of sp³-hybridized carbons (Fsp3) is 0.0294. The third kappa shape index (κ3) is 6.10. The van der Waals surface area contributed by atoms with Crippen LogP contribution in [0.25, 0.3) is 60.9 Å². The van der Waals surface area contributed by atoms with Crippen LogP contribution in [0.15, 0.2) is 273 Å². The smallest absolute Gasteiger partial charge is 0.179 e. The van der Waals surface area contributed by atoms with Gasteiger partial charge in [0.05, 0.1) is 11.0 Å². The van der Waals surface area contributed by atoms with Gasteiger partial charge in [-0.1, -0.05) is 237 Å². The minimum Gasteiger partial charge on any atom is -0.309 e. The quantitative estimate of drug-likeness (QED) is 0.106. The zero-order valence-electron chi connectivity index (χ0n) is 38.6. The van der Waals surface area contributed by atoms with Crippen LogP contribution < -0.4 is 20.7 Å². The van der Waals surface area contributed by atoms with E-state index in [2.05, 4.69) is 278 Å². The summed E-state index contributed by atoms with van der Waals surface area (Å²) in [5.41, 5.74) is 19.7. The highest BCUT2D eigenvalue weighted by Crippen LogP contribution is 2.58. The van der Waals surface area contributed by atoms with Crippen LogP contribution in [-0.4, -0.2) is 12.6 Å². The molecule has 15 rings (SSSR count). The summed E-state index contributed by atoms with van der Waals surface area (Å²) in [5, 5.41) is 8.12. The molecule has 0 spiro atoms. The Morgan fingerprint density at radius 2 is 0.786 bits per heavy atom. The van der Waals surface area contributed by atoms with Gasteiger partial charge in [-0.2, -0.15) is 0 Å². The molecule has 3 aliphatic carbocycles. The van der Waals surface area contributed by atoms with Crippen molar-refractivity contribution in [3.8, 4) is 39.1 Å². The molecule has 1 heterocycles. The van der Waals surface area contributed by atoms with Gasteiger partial charge >= 0.3 is 0 Å². The summed E-state index contributed by atoms with van der Waals surface area (Å²) in [6, 6.07) is 103. The maximum Gasteiger partial charge on any atom is 0.179 e. The first-order valence-electron chi connectivity index (χ1n) is 24.6. The predicted molar refractivity (Wildman–Crippen MR) is 295 cm³/mol. The molecule has 0 aliphatic heterocycles. The second kappa shape index (κ2) is 16.3. The molecular weight excluding hydrogens is 859 g/mol. The number of fused-ring (bicyclic) bond motifs is 3. The fourth-order valence-corrected chi connectivity index (χ4v) is 17.8. The summed E-state index contributed by atoms with van der Waals surface area (Å²) in [7, 11) is -3.18. The van der Waals surface area contributed by atoms with Gasteiger partial charge in [-0.15, -0.1) is 0 Å². The number of rotatable bonds is 8. The van der Waals surface area contributed by atoms with Gasteiger partial charge in [0, 0.05) is 28.3 Å². The topological polar surface area (TPSA) is 4.93 Å².